The lowest BCUT2D eigenvalue weighted by Crippen LogP contribution is -2.48. The highest BCUT2D eigenvalue weighted by Crippen LogP contribution is 2.49. The Balaban J connectivity index is 1.45. The van der Waals surface area contributed by atoms with E-state index < -0.39 is 40.5 Å². The van der Waals surface area contributed by atoms with Crippen LogP contribution >= 0.6 is 0 Å². The van der Waals surface area contributed by atoms with Crippen LogP contribution in [-0.4, -0.2) is 39.5 Å². The first-order valence-corrected chi connectivity index (χ1v) is 11.7. The van der Waals surface area contributed by atoms with Crippen LogP contribution in [0, 0.1) is 22.0 Å². The topological polar surface area (TPSA) is 101 Å². The molecule has 6 rings (SSSR count). The summed E-state index contributed by atoms with van der Waals surface area (Å²) in [7, 11) is 0. The lowest BCUT2D eigenvalue weighted by Gasteiger charge is -2.36. The molecule has 0 N–H and O–H groups in total. The smallest absolute Gasteiger partial charge is 0.270 e. The van der Waals surface area contributed by atoms with Gasteiger partial charge in [0.25, 0.3) is 5.69 Å². The van der Waals surface area contributed by atoms with Crippen LogP contribution in [0.25, 0.3) is 6.08 Å². The highest BCUT2D eigenvalue weighted by atomic mass is 16.6. The molecule has 0 saturated carbocycles. The van der Waals surface area contributed by atoms with Crippen molar-refractivity contribution in [2.75, 3.05) is 4.90 Å². The zero-order valence-corrected chi connectivity index (χ0v) is 19.1. The number of rotatable bonds is 5. The van der Waals surface area contributed by atoms with Gasteiger partial charge in [-0.1, -0.05) is 72.8 Å². The number of amides is 2. The van der Waals surface area contributed by atoms with Crippen molar-refractivity contribution in [1.29, 1.82) is 0 Å². The standard InChI is InChI=1S/C28H21N3O5/c32-26(19-10-6-11-20(15-19)31(35)36)25-24-23(22-14-13-18-9-4-5-12-21(18)30(22)25)27(33)29(28(24)34)16-17-7-2-1-3-8-17/h1-15,22-25H,16H2. The number of para-hydroxylation sites is 1. The maximum atomic E-state index is 14.0. The maximum Gasteiger partial charge on any atom is 0.270 e. The van der Waals surface area contributed by atoms with Gasteiger partial charge in [-0.3, -0.25) is 29.4 Å². The van der Waals surface area contributed by atoms with Crippen molar-refractivity contribution in [3.05, 3.63) is 112 Å². The fourth-order valence-electron chi connectivity index (χ4n) is 5.74. The molecule has 3 aliphatic heterocycles. The number of anilines is 1. The number of nitro groups is 1. The summed E-state index contributed by atoms with van der Waals surface area (Å²) in [4.78, 5) is 55.3. The summed E-state index contributed by atoms with van der Waals surface area (Å²) in [5.41, 5.74) is 2.40. The fourth-order valence-corrected chi connectivity index (χ4v) is 5.74. The summed E-state index contributed by atoms with van der Waals surface area (Å²) >= 11 is 0. The maximum absolute atomic E-state index is 14.0. The highest BCUT2D eigenvalue weighted by molar-refractivity contribution is 6.14. The molecule has 2 fully saturated rings. The van der Waals surface area contributed by atoms with Crippen molar-refractivity contribution in [2.24, 2.45) is 11.8 Å². The minimum atomic E-state index is -0.967. The summed E-state index contributed by atoms with van der Waals surface area (Å²) in [6.07, 6.45) is 3.81. The van der Waals surface area contributed by atoms with Gasteiger partial charge in [-0.05, 0) is 17.2 Å². The Morgan fingerprint density at radius 2 is 1.61 bits per heavy atom. The molecule has 4 atom stereocenters. The van der Waals surface area contributed by atoms with E-state index in [2.05, 4.69) is 0 Å². The van der Waals surface area contributed by atoms with Crippen LogP contribution in [0.5, 0.6) is 0 Å². The van der Waals surface area contributed by atoms with Crippen molar-refractivity contribution in [3.8, 4) is 0 Å². The summed E-state index contributed by atoms with van der Waals surface area (Å²) in [6.45, 7) is 0.135. The molecular weight excluding hydrogens is 458 g/mol. The molecule has 3 aromatic carbocycles. The van der Waals surface area contributed by atoms with E-state index in [4.69, 9.17) is 0 Å². The molecule has 2 amide bonds. The Bertz CT molecular complexity index is 1450. The van der Waals surface area contributed by atoms with Gasteiger partial charge in [0.1, 0.15) is 6.04 Å². The van der Waals surface area contributed by atoms with Gasteiger partial charge in [-0.15, -0.1) is 0 Å². The van der Waals surface area contributed by atoms with E-state index in [1.54, 1.807) is 0 Å². The van der Waals surface area contributed by atoms with Crippen molar-refractivity contribution >= 4 is 35.0 Å². The summed E-state index contributed by atoms with van der Waals surface area (Å²) in [6, 6.07) is 20.9. The minimum Gasteiger partial charge on any atom is -0.352 e. The monoisotopic (exact) mass is 479 g/mol. The SMILES string of the molecule is O=C(c1cccc([N+](=O)[O-])c1)C1C2C(=O)N(Cc3ccccc3)C(=O)C2C2C=Cc3ccccc3N21. The molecule has 2 saturated heterocycles. The van der Waals surface area contributed by atoms with Crippen LogP contribution in [0.3, 0.4) is 0 Å². The number of benzene rings is 3. The van der Waals surface area contributed by atoms with E-state index in [0.717, 1.165) is 16.8 Å². The number of nitro benzene ring substituents is 1. The predicted octanol–water partition coefficient (Wildman–Crippen LogP) is 3.86. The molecule has 3 aromatic rings. The van der Waals surface area contributed by atoms with Crippen LogP contribution in [0.15, 0.2) is 84.9 Å². The van der Waals surface area contributed by atoms with Gasteiger partial charge in [0.2, 0.25) is 11.8 Å². The molecule has 178 valence electrons. The van der Waals surface area contributed by atoms with Gasteiger partial charge in [-0.25, -0.2) is 0 Å². The summed E-state index contributed by atoms with van der Waals surface area (Å²) in [5, 5.41) is 11.4. The predicted molar refractivity (Wildman–Crippen MR) is 132 cm³/mol. The van der Waals surface area contributed by atoms with Gasteiger partial charge in [0, 0.05) is 23.4 Å². The first-order chi connectivity index (χ1) is 17.5. The highest BCUT2D eigenvalue weighted by Gasteiger charge is 2.63. The number of likely N-dealkylation sites (tertiary alicyclic amines) is 1. The molecular formula is C28H21N3O5. The van der Waals surface area contributed by atoms with Gasteiger partial charge in [0.05, 0.1) is 29.3 Å². The fraction of sp³-hybridized carbons (Fsp3) is 0.179. The normalized spacial score (nSPS) is 23.9. The molecule has 0 bridgehead atoms. The summed E-state index contributed by atoms with van der Waals surface area (Å²) < 4.78 is 0. The van der Waals surface area contributed by atoms with Crippen LogP contribution in [-0.2, 0) is 16.1 Å². The largest absolute Gasteiger partial charge is 0.352 e. The minimum absolute atomic E-state index is 0.135. The Morgan fingerprint density at radius 3 is 2.39 bits per heavy atom. The number of Topliss-reactive ketones (excluding diaryl/α,β-unsaturated/α-hetero) is 1. The van der Waals surface area contributed by atoms with Crippen LogP contribution in [0.2, 0.25) is 0 Å². The number of fused-ring (bicyclic) bond motifs is 5. The van der Waals surface area contributed by atoms with E-state index in [1.807, 2.05) is 71.6 Å². The van der Waals surface area contributed by atoms with Crippen LogP contribution in [0.1, 0.15) is 21.5 Å². The lowest BCUT2D eigenvalue weighted by atomic mass is 9.86. The van der Waals surface area contributed by atoms with E-state index in [0.29, 0.717) is 0 Å². The molecule has 8 heteroatoms. The summed E-state index contributed by atoms with van der Waals surface area (Å²) in [5.74, 6) is -2.73. The molecule has 0 aliphatic carbocycles. The van der Waals surface area contributed by atoms with Gasteiger partial charge < -0.3 is 4.90 Å². The second-order valence-corrected chi connectivity index (χ2v) is 9.23. The van der Waals surface area contributed by atoms with Gasteiger partial charge in [0.15, 0.2) is 5.78 Å². The van der Waals surface area contributed by atoms with Crippen molar-refractivity contribution in [2.45, 2.75) is 18.6 Å². The number of ketones is 1. The molecule has 8 nitrogen and oxygen atoms in total. The molecule has 4 unspecified atom stereocenters. The van der Waals surface area contributed by atoms with Crippen LogP contribution < -0.4 is 4.90 Å². The lowest BCUT2D eigenvalue weighted by molar-refractivity contribution is -0.384. The first kappa shape index (κ1) is 21.9. The number of imide groups is 1. The zero-order valence-electron chi connectivity index (χ0n) is 19.1. The average molecular weight is 479 g/mol. The number of non-ortho nitro benzene ring substituents is 1. The molecule has 0 radical (unpaired) electrons. The Kier molecular flexibility index (Phi) is 5.03. The second kappa shape index (κ2) is 8.27. The average Bonchev–Trinajstić information content (AvgIpc) is 3.37. The number of carbonyl (C=O) groups is 3. The third kappa shape index (κ3) is 3.25. The number of hydrogen-bond acceptors (Lipinski definition) is 6. The zero-order chi connectivity index (χ0) is 25.0. The van der Waals surface area contributed by atoms with E-state index in [1.165, 1.54) is 29.2 Å². The molecule has 0 aromatic heterocycles. The van der Waals surface area contributed by atoms with Crippen LogP contribution in [0.4, 0.5) is 11.4 Å². The second-order valence-electron chi connectivity index (χ2n) is 9.23. The molecule has 36 heavy (non-hydrogen) atoms. The van der Waals surface area contributed by atoms with Crippen molar-refractivity contribution in [3.63, 3.8) is 0 Å². The van der Waals surface area contributed by atoms with E-state index >= 15 is 0 Å². The van der Waals surface area contributed by atoms with Gasteiger partial charge >= 0.3 is 0 Å². The molecule has 3 heterocycles. The molecule has 3 aliphatic rings. The van der Waals surface area contributed by atoms with Crippen molar-refractivity contribution in [1.82, 2.24) is 4.90 Å². The Hall–Kier alpha value is -4.59. The quantitative estimate of drug-likeness (QED) is 0.238. The number of hydrogen-bond donors (Lipinski definition) is 0. The Morgan fingerprint density at radius 1 is 0.889 bits per heavy atom. The van der Waals surface area contributed by atoms with Crippen molar-refractivity contribution < 1.29 is 19.3 Å². The third-order valence-electron chi connectivity index (χ3n) is 7.30. The number of nitrogens with zero attached hydrogens (tertiary/aromatic N) is 3. The van der Waals surface area contributed by atoms with E-state index in [9.17, 15) is 24.5 Å². The Labute approximate surface area is 206 Å². The number of carbonyl (C=O) groups excluding carboxylic acids is 3. The molecule has 0 spiro atoms. The van der Waals surface area contributed by atoms with Gasteiger partial charge in [-0.2, -0.15) is 0 Å². The first-order valence-electron chi connectivity index (χ1n) is 11.7. The van der Waals surface area contributed by atoms with E-state index in [-0.39, 0.29) is 23.7 Å². The third-order valence-corrected chi connectivity index (χ3v) is 7.30.